The van der Waals surface area contributed by atoms with Gasteiger partial charge in [0.25, 0.3) is 0 Å². The zero-order valence-electron chi connectivity index (χ0n) is 43.5. The van der Waals surface area contributed by atoms with Crippen LogP contribution in [0.1, 0.15) is 52.7 Å². The summed E-state index contributed by atoms with van der Waals surface area (Å²) < 4.78 is 584. The van der Waals surface area contributed by atoms with E-state index < -0.39 is 219 Å². The molecule has 0 atom stereocenters. The van der Waals surface area contributed by atoms with Crippen molar-refractivity contribution >= 4 is 23.6 Å². The van der Waals surface area contributed by atoms with Gasteiger partial charge in [0.2, 0.25) is 17.1 Å². The van der Waals surface area contributed by atoms with E-state index in [0.29, 0.717) is 0 Å². The molecule has 2 rings (SSSR count). The molecule has 0 aliphatic rings. The first-order valence-corrected chi connectivity index (χ1v) is 22.1. The molecule has 2 aromatic rings. The van der Waals surface area contributed by atoms with Gasteiger partial charge in [0, 0.05) is 0 Å². The third-order valence-corrected chi connectivity index (χ3v) is 10.9. The van der Waals surface area contributed by atoms with Crippen molar-refractivity contribution in [1.82, 2.24) is 0 Å². The number of allylic oxidation sites excluding steroid dienone is 2. The van der Waals surface area contributed by atoms with Gasteiger partial charge in [-0.2, -0.15) is 176 Å². The maximum Gasteiger partial charge on any atom is 0.460 e. The predicted molar refractivity (Wildman–Crippen MR) is 217 cm³/mol. The topological polar surface area (TPSA) is 95.1 Å². The van der Waals surface area contributed by atoms with Crippen LogP contribution in [0.3, 0.4) is 0 Å². The molecule has 2 aromatic carbocycles. The maximum absolute atomic E-state index is 15.5. The zero-order chi connectivity index (χ0) is 72.9. The molecule has 0 bridgehead atoms. The van der Waals surface area contributed by atoms with Gasteiger partial charge in [0.15, 0.2) is 11.5 Å². The number of carbonyl (C=O) groups is 2. The molecular formula is C43H26F40N2O6. The summed E-state index contributed by atoms with van der Waals surface area (Å²) in [6, 6.07) is -14.9. The second-order valence-corrected chi connectivity index (χ2v) is 19.7. The first kappa shape index (κ1) is 80.4. The van der Waals surface area contributed by atoms with Gasteiger partial charge in [-0.25, -0.2) is 9.59 Å². The summed E-state index contributed by atoms with van der Waals surface area (Å²) in [6.07, 6.45) is -36.1. The second kappa shape index (κ2) is 23.4. The van der Waals surface area contributed by atoms with Crippen LogP contribution in [0.2, 0.25) is 0 Å². The van der Waals surface area contributed by atoms with E-state index in [4.69, 9.17) is 0 Å². The lowest BCUT2D eigenvalue weighted by Crippen LogP contribution is -2.72. The highest BCUT2D eigenvalue weighted by Gasteiger charge is 2.95. The van der Waals surface area contributed by atoms with Crippen LogP contribution in [0.5, 0.6) is 11.5 Å². The first-order chi connectivity index (χ1) is 39.5. The summed E-state index contributed by atoms with van der Waals surface area (Å²) in [4.78, 5) is 25.1. The summed E-state index contributed by atoms with van der Waals surface area (Å²) in [5, 5.41) is 2.14. The Balaban J connectivity index is 3.34. The molecule has 48 heteroatoms. The smallest absolute Gasteiger partial charge is 0.444 e. The molecule has 0 spiro atoms. The quantitative estimate of drug-likeness (QED) is 0.101. The maximum atomic E-state index is 15.5. The number of alkyl halides is 36. The van der Waals surface area contributed by atoms with Gasteiger partial charge in [-0.05, 0) is 76.9 Å². The van der Waals surface area contributed by atoms with E-state index in [9.17, 15) is 141 Å². The number of nitrogens with one attached hydrogen (secondary N) is 2. The van der Waals surface area contributed by atoms with E-state index in [2.05, 4.69) is 18.9 Å². The van der Waals surface area contributed by atoms with Crippen molar-refractivity contribution in [1.29, 1.82) is 0 Å². The van der Waals surface area contributed by atoms with Gasteiger partial charge in [0.05, 0.1) is 11.4 Å². The number of rotatable bonds is 20. The SMILES string of the molecule is CC(C)(C)OC(=O)Nc1ccc(C(c2ccc(NC(=O)OC(C)(C)C)c(OC(F)=C(F)C(F)(F)C(F)(F)C(F)(F)C(F)(F)C(F)(F)C(F)(F)C(F)(F)F)c2)(C(F)(F)F)C(F)(F)F)cc1OC(F)=C(F)C(F)(F)C(F)(F)C(F)(F)C(F)(F)C(F)(F)C(F)(F)C(F)(F)F. The lowest BCUT2D eigenvalue weighted by molar-refractivity contribution is -0.451. The van der Waals surface area contributed by atoms with Crippen LogP contribution in [0.4, 0.5) is 197 Å². The van der Waals surface area contributed by atoms with E-state index in [1.54, 1.807) is 0 Å². The van der Waals surface area contributed by atoms with Crippen molar-refractivity contribution in [3.8, 4) is 11.5 Å². The Kier molecular flexibility index (Phi) is 20.6. The van der Waals surface area contributed by atoms with Crippen LogP contribution in [0.25, 0.3) is 0 Å². The van der Waals surface area contributed by atoms with Crippen LogP contribution in [0, 0.1) is 0 Å². The van der Waals surface area contributed by atoms with Gasteiger partial charge in [-0.3, -0.25) is 10.6 Å². The molecule has 0 aliphatic heterocycles. The monoisotopic (exact) mass is 1430 g/mol. The minimum Gasteiger partial charge on any atom is -0.444 e. The predicted octanol–water partition coefficient (Wildman–Crippen LogP) is 19.5. The van der Waals surface area contributed by atoms with Crippen molar-refractivity contribution in [3.05, 3.63) is 71.2 Å². The Morgan fingerprint density at radius 1 is 0.319 bits per heavy atom. The van der Waals surface area contributed by atoms with Gasteiger partial charge in [-0.15, -0.1) is 0 Å². The fraction of sp³-hybridized carbons (Fsp3) is 0.581. The van der Waals surface area contributed by atoms with E-state index in [1.807, 2.05) is 0 Å². The third-order valence-electron chi connectivity index (χ3n) is 10.9. The fourth-order valence-corrected chi connectivity index (χ4v) is 6.43. The third kappa shape index (κ3) is 13.3. The summed E-state index contributed by atoms with van der Waals surface area (Å²) in [6.45, 7) is 5.07. The molecule has 0 aromatic heterocycles. The van der Waals surface area contributed by atoms with E-state index in [0.717, 1.165) is 52.2 Å². The number of ether oxygens (including phenoxy) is 4. The molecule has 91 heavy (non-hydrogen) atoms. The lowest BCUT2D eigenvalue weighted by Gasteiger charge is -2.41. The molecule has 0 saturated heterocycles. The summed E-state index contributed by atoms with van der Waals surface area (Å²) >= 11 is 0. The molecular weight excluding hydrogens is 1400 g/mol. The highest BCUT2D eigenvalue weighted by molar-refractivity contribution is 5.88. The van der Waals surface area contributed by atoms with Crippen LogP contribution in [0.15, 0.2) is 60.1 Å². The van der Waals surface area contributed by atoms with Crippen LogP contribution in [-0.2, 0) is 14.9 Å². The molecule has 0 heterocycles. The molecule has 524 valence electrons. The van der Waals surface area contributed by atoms with Gasteiger partial charge < -0.3 is 18.9 Å². The first-order valence-electron chi connectivity index (χ1n) is 22.1. The summed E-state index contributed by atoms with van der Waals surface area (Å²) in [5.74, 6) is -124. The number of carbonyl (C=O) groups excluding carboxylic acids is 2. The van der Waals surface area contributed by atoms with Crippen LogP contribution >= 0.6 is 0 Å². The second-order valence-electron chi connectivity index (χ2n) is 19.7. The van der Waals surface area contributed by atoms with Gasteiger partial charge in [-0.1, -0.05) is 12.1 Å². The van der Waals surface area contributed by atoms with E-state index in [1.165, 1.54) is 0 Å². The zero-order valence-corrected chi connectivity index (χ0v) is 43.5. The van der Waals surface area contributed by atoms with Crippen LogP contribution in [-0.4, -0.2) is 119 Å². The van der Waals surface area contributed by atoms with Gasteiger partial charge in [0.1, 0.15) is 11.2 Å². The largest absolute Gasteiger partial charge is 0.460 e. The summed E-state index contributed by atoms with van der Waals surface area (Å²) in [7, 11) is 0. The number of amides is 2. The normalized spacial score (nSPS) is 15.8. The standard InChI is InChI=1S/C43H26F40N2O6/c1-25(2,3)90-23(86)84-15-9-7-13(11-17(15)88-21(46)19(44)28(48,49)30(52,53)32(56,57)34(60,61)36(64,65)38(68,69)42(78,79)80)27(40(72,73)74,41(75,76)77)14-8-10-16(85-24(87)91-26(4,5)6)18(12-14)89-22(47)20(45)29(50,51)31(54,55)33(58,59)35(62,63)37(66,67)39(70,71)43(81,82)83/h7-12H,1-6H3,(H,84,86)(H,85,87). The van der Waals surface area contributed by atoms with Crippen LogP contribution < -0.4 is 20.1 Å². The number of anilines is 2. The molecule has 0 saturated carbocycles. The minimum absolute atomic E-state index is 0.647. The average molecular weight is 1430 g/mol. The molecule has 2 N–H and O–H groups in total. The number of hydrogen-bond donors (Lipinski definition) is 2. The Morgan fingerprint density at radius 2 is 0.538 bits per heavy atom. The molecule has 8 nitrogen and oxygen atoms in total. The molecule has 2 amide bonds. The van der Waals surface area contributed by atoms with E-state index >= 15 is 43.9 Å². The Bertz CT molecular complexity index is 2880. The Morgan fingerprint density at radius 3 is 0.747 bits per heavy atom. The highest BCUT2D eigenvalue weighted by Crippen LogP contribution is 2.66. The molecule has 0 fully saturated rings. The van der Waals surface area contributed by atoms with Crippen molar-refractivity contribution in [2.24, 2.45) is 0 Å². The van der Waals surface area contributed by atoms with Crippen molar-refractivity contribution < 1.29 is 204 Å². The van der Waals surface area contributed by atoms with E-state index in [-0.39, 0.29) is 0 Å². The van der Waals surface area contributed by atoms with Gasteiger partial charge >= 0.3 is 120 Å². The Labute approximate surface area is 475 Å². The number of benzene rings is 2. The van der Waals surface area contributed by atoms with Crippen molar-refractivity contribution in [3.63, 3.8) is 0 Å². The molecule has 0 unspecified atom stereocenters. The Hall–Kier alpha value is -6.74. The molecule has 0 radical (unpaired) electrons. The fourth-order valence-electron chi connectivity index (χ4n) is 6.43. The highest BCUT2D eigenvalue weighted by atomic mass is 19.5. The van der Waals surface area contributed by atoms with Crippen molar-refractivity contribution in [2.45, 2.75) is 154 Å². The summed E-state index contributed by atoms with van der Waals surface area (Å²) in [5.41, 5.74) is -20.8. The molecule has 0 aliphatic carbocycles. The average Bonchev–Trinajstić information content (AvgIpc) is 0.717. The lowest BCUT2D eigenvalue weighted by atomic mass is 9.72. The number of halogens is 40. The minimum atomic E-state index is -9.27. The van der Waals surface area contributed by atoms with Crippen molar-refractivity contribution in [2.75, 3.05) is 10.6 Å². The number of hydrogen-bond acceptors (Lipinski definition) is 6.